The normalized spacial score (nSPS) is 16.1. The summed E-state index contributed by atoms with van der Waals surface area (Å²) in [6.45, 7) is 5.25. The summed E-state index contributed by atoms with van der Waals surface area (Å²) in [7, 11) is 0. The number of ketones is 1. The van der Waals surface area contributed by atoms with Gasteiger partial charge in [-0.05, 0) is 12.8 Å². The van der Waals surface area contributed by atoms with E-state index in [1.165, 1.54) is 6.92 Å². The Morgan fingerprint density at radius 1 is 1.58 bits per heavy atom. The van der Waals surface area contributed by atoms with Gasteiger partial charge in [-0.15, -0.1) is 0 Å². The Hall–Kier alpha value is -0.260. The summed E-state index contributed by atoms with van der Waals surface area (Å²) in [5.41, 5.74) is 0. The molecule has 0 aliphatic carbocycles. The van der Waals surface area contributed by atoms with Crippen LogP contribution in [-0.4, -0.2) is 26.5 Å². The first kappa shape index (κ1) is 11.7. The van der Waals surface area contributed by atoms with E-state index in [4.69, 9.17) is 4.55 Å². The van der Waals surface area contributed by atoms with Crippen LogP contribution in [0.2, 0.25) is 0 Å². The fraction of sp³-hybridized carbons (Fsp3) is 0.857. The highest BCUT2D eigenvalue weighted by molar-refractivity contribution is 7.79. The molecule has 0 rings (SSSR count). The fourth-order valence-electron chi connectivity index (χ4n) is 1.01. The van der Waals surface area contributed by atoms with Crippen LogP contribution in [0.25, 0.3) is 0 Å². The molecule has 0 heterocycles. The van der Waals surface area contributed by atoms with E-state index in [9.17, 15) is 9.00 Å². The van der Waals surface area contributed by atoms with Crippen LogP contribution in [0.3, 0.4) is 0 Å². The molecule has 0 bridgehead atoms. The van der Waals surface area contributed by atoms with E-state index in [-0.39, 0.29) is 23.6 Å². The minimum absolute atomic E-state index is 0.00421. The van der Waals surface area contributed by atoms with Gasteiger partial charge in [-0.3, -0.25) is 10.1 Å². The molecular weight excluding hydrogens is 178 g/mol. The Kier molecular flexibility index (Phi) is 5.28. The number of Topliss-reactive ketones (excluding diaryl/α,β-unsaturated/α-hetero) is 1. The number of carbonyl (C=O) groups is 1. The third kappa shape index (κ3) is 4.58. The summed E-state index contributed by atoms with van der Waals surface area (Å²) < 4.78 is 18.7. The second-order valence-corrected chi connectivity index (χ2v) is 3.93. The molecule has 0 aromatic rings. The topological polar surface area (TPSA) is 66.4 Å². The van der Waals surface area contributed by atoms with Gasteiger partial charge in [0.2, 0.25) is 0 Å². The van der Waals surface area contributed by atoms with E-state index in [0.29, 0.717) is 0 Å². The third-order valence-corrected chi connectivity index (χ3v) is 1.94. The smallest absolute Gasteiger partial charge is 0.167 e. The van der Waals surface area contributed by atoms with E-state index in [1.807, 2.05) is 13.8 Å². The Balaban J connectivity index is 3.97. The summed E-state index contributed by atoms with van der Waals surface area (Å²) in [5, 5.41) is 2.72. The SMILES string of the molecule is CC(=O)C(NCS(=O)O)C(C)C. The first-order valence-corrected chi connectivity index (χ1v) is 5.04. The summed E-state index contributed by atoms with van der Waals surface area (Å²) >= 11 is -1.88. The molecule has 0 spiro atoms. The maximum absolute atomic E-state index is 11.0. The van der Waals surface area contributed by atoms with Gasteiger partial charge in [0.05, 0.1) is 11.9 Å². The number of hydrogen-bond donors (Lipinski definition) is 2. The Labute approximate surface area is 75.0 Å². The average Bonchev–Trinajstić information content (AvgIpc) is 1.84. The van der Waals surface area contributed by atoms with Crippen LogP contribution < -0.4 is 5.32 Å². The quantitative estimate of drug-likeness (QED) is 0.619. The number of rotatable bonds is 5. The highest BCUT2D eigenvalue weighted by Crippen LogP contribution is 2.01. The van der Waals surface area contributed by atoms with E-state index >= 15 is 0 Å². The molecule has 0 radical (unpaired) electrons. The van der Waals surface area contributed by atoms with Crippen molar-refractivity contribution >= 4 is 16.9 Å². The first-order chi connectivity index (χ1) is 5.45. The monoisotopic (exact) mass is 193 g/mol. The highest BCUT2D eigenvalue weighted by Gasteiger charge is 2.17. The van der Waals surface area contributed by atoms with Crippen molar-refractivity contribution in [3.63, 3.8) is 0 Å². The van der Waals surface area contributed by atoms with Crippen molar-refractivity contribution in [2.75, 3.05) is 5.88 Å². The first-order valence-electron chi connectivity index (χ1n) is 3.76. The van der Waals surface area contributed by atoms with Gasteiger partial charge in [0, 0.05) is 0 Å². The molecule has 12 heavy (non-hydrogen) atoms. The molecule has 0 fully saturated rings. The van der Waals surface area contributed by atoms with E-state index in [1.54, 1.807) is 0 Å². The van der Waals surface area contributed by atoms with Gasteiger partial charge in [-0.1, -0.05) is 13.8 Å². The average molecular weight is 193 g/mol. The minimum Gasteiger partial charge on any atom is -0.305 e. The molecule has 0 saturated carbocycles. The molecule has 0 saturated heterocycles. The highest BCUT2D eigenvalue weighted by atomic mass is 32.2. The predicted molar refractivity (Wildman–Crippen MR) is 48.1 cm³/mol. The maximum Gasteiger partial charge on any atom is 0.167 e. The summed E-state index contributed by atoms with van der Waals surface area (Å²) in [4.78, 5) is 11.0. The standard InChI is InChI=1S/C7H15NO3S/c1-5(2)7(6(3)9)8-4-12(10)11/h5,7-8H,4H2,1-3H3,(H,10,11). The molecule has 4 nitrogen and oxygen atoms in total. The Bertz CT molecular complexity index is 181. The van der Waals surface area contributed by atoms with Crippen molar-refractivity contribution in [2.45, 2.75) is 26.8 Å². The largest absolute Gasteiger partial charge is 0.305 e. The zero-order chi connectivity index (χ0) is 9.72. The van der Waals surface area contributed by atoms with Crippen LogP contribution in [0.1, 0.15) is 20.8 Å². The van der Waals surface area contributed by atoms with Crippen LogP contribution in [-0.2, 0) is 15.9 Å². The molecule has 0 aromatic heterocycles. The Morgan fingerprint density at radius 3 is 2.33 bits per heavy atom. The lowest BCUT2D eigenvalue weighted by molar-refractivity contribution is -0.119. The lowest BCUT2D eigenvalue weighted by atomic mass is 10.0. The summed E-state index contributed by atoms with van der Waals surface area (Å²) in [6, 6.07) is -0.318. The molecular formula is C7H15NO3S. The maximum atomic E-state index is 11.0. The van der Waals surface area contributed by atoms with Crippen LogP contribution in [0.4, 0.5) is 0 Å². The van der Waals surface area contributed by atoms with Crippen molar-refractivity contribution in [3.05, 3.63) is 0 Å². The van der Waals surface area contributed by atoms with Gasteiger partial charge in [-0.2, -0.15) is 0 Å². The van der Waals surface area contributed by atoms with Gasteiger partial charge >= 0.3 is 0 Å². The zero-order valence-corrected chi connectivity index (χ0v) is 8.35. The van der Waals surface area contributed by atoms with Crippen molar-refractivity contribution < 1.29 is 13.6 Å². The second-order valence-electron chi connectivity index (χ2n) is 3.00. The molecule has 2 atom stereocenters. The molecule has 5 heteroatoms. The fourth-order valence-corrected chi connectivity index (χ4v) is 1.33. The summed E-state index contributed by atoms with van der Waals surface area (Å²) in [5.74, 6) is 0.0871. The molecule has 2 N–H and O–H groups in total. The minimum atomic E-state index is -1.88. The van der Waals surface area contributed by atoms with Crippen molar-refractivity contribution in [1.29, 1.82) is 0 Å². The lowest BCUT2D eigenvalue weighted by Gasteiger charge is -2.17. The van der Waals surface area contributed by atoms with E-state index in [0.717, 1.165) is 0 Å². The van der Waals surface area contributed by atoms with Crippen molar-refractivity contribution in [1.82, 2.24) is 5.32 Å². The molecule has 0 aliphatic heterocycles. The van der Waals surface area contributed by atoms with Crippen LogP contribution in [0.15, 0.2) is 0 Å². The molecule has 0 amide bonds. The van der Waals surface area contributed by atoms with Crippen LogP contribution >= 0.6 is 0 Å². The second kappa shape index (κ2) is 5.40. The zero-order valence-electron chi connectivity index (χ0n) is 7.53. The van der Waals surface area contributed by atoms with Crippen molar-refractivity contribution in [2.24, 2.45) is 5.92 Å². The lowest BCUT2D eigenvalue weighted by Crippen LogP contribution is -2.41. The Morgan fingerprint density at radius 2 is 2.08 bits per heavy atom. The van der Waals surface area contributed by atoms with Crippen molar-refractivity contribution in [3.8, 4) is 0 Å². The molecule has 0 aliphatic rings. The number of hydrogen-bond acceptors (Lipinski definition) is 3. The predicted octanol–water partition coefficient (Wildman–Crippen LogP) is 0.369. The number of carbonyl (C=O) groups excluding carboxylic acids is 1. The number of nitrogens with one attached hydrogen (secondary N) is 1. The third-order valence-electron chi connectivity index (χ3n) is 1.53. The molecule has 0 aromatic carbocycles. The van der Waals surface area contributed by atoms with Gasteiger partial charge < -0.3 is 4.55 Å². The van der Waals surface area contributed by atoms with E-state index < -0.39 is 11.1 Å². The van der Waals surface area contributed by atoms with Gasteiger partial charge in [0.1, 0.15) is 5.78 Å². The summed E-state index contributed by atoms with van der Waals surface area (Å²) in [6.07, 6.45) is 0. The molecule has 2 unspecified atom stereocenters. The van der Waals surface area contributed by atoms with Gasteiger partial charge in [0.25, 0.3) is 0 Å². The van der Waals surface area contributed by atoms with Crippen LogP contribution in [0.5, 0.6) is 0 Å². The van der Waals surface area contributed by atoms with Crippen LogP contribution in [0, 0.1) is 5.92 Å². The molecule has 72 valence electrons. The van der Waals surface area contributed by atoms with Gasteiger partial charge in [0.15, 0.2) is 11.1 Å². The van der Waals surface area contributed by atoms with E-state index in [2.05, 4.69) is 5.32 Å². The van der Waals surface area contributed by atoms with Gasteiger partial charge in [-0.25, -0.2) is 4.21 Å².